The summed E-state index contributed by atoms with van der Waals surface area (Å²) in [5.41, 5.74) is 0.556. The predicted molar refractivity (Wildman–Crippen MR) is 105 cm³/mol. The van der Waals surface area contributed by atoms with Crippen LogP contribution in [-0.2, 0) is 11.3 Å². The molecule has 2 fully saturated rings. The molecule has 0 spiro atoms. The lowest BCUT2D eigenvalue weighted by molar-refractivity contribution is -0.159. The molecule has 2 heterocycles. The topological polar surface area (TPSA) is 58.1 Å². The largest absolute Gasteiger partial charge is 0.394 e. The van der Waals surface area contributed by atoms with Crippen molar-refractivity contribution in [3.8, 4) is 0 Å². The maximum Gasteiger partial charge on any atom is 0.394 e. The monoisotopic (exact) mass is 425 g/mol. The third-order valence-corrected chi connectivity index (χ3v) is 6.37. The number of hydrogen-bond acceptors (Lipinski definition) is 3. The Morgan fingerprint density at radius 1 is 1.21 bits per heavy atom. The molecular formula is C20H22F3N3O2S. The molecule has 2 aliphatic rings. The van der Waals surface area contributed by atoms with Crippen molar-refractivity contribution in [2.24, 2.45) is 11.8 Å². The minimum atomic E-state index is -4.21. The van der Waals surface area contributed by atoms with Crippen LogP contribution in [0.3, 0.4) is 0 Å². The van der Waals surface area contributed by atoms with Gasteiger partial charge in [0.2, 0.25) is 5.91 Å². The molecule has 2 aromatic rings. The summed E-state index contributed by atoms with van der Waals surface area (Å²) in [6, 6.07) is 6.53. The number of nitrogens with one attached hydrogen (secondary N) is 1. The molecule has 1 saturated carbocycles. The molecule has 0 radical (unpaired) electrons. The quantitative estimate of drug-likeness (QED) is 0.562. The molecule has 9 heteroatoms. The van der Waals surface area contributed by atoms with Gasteiger partial charge in [-0.2, -0.15) is 13.2 Å². The van der Waals surface area contributed by atoms with E-state index in [1.807, 2.05) is 6.07 Å². The molecule has 0 bridgehead atoms. The molecule has 1 saturated heterocycles. The SMILES string of the molecule is O=C(CCCCCn1c(=S)[nH]c2ccccc2c1=O)N1CC[C@@H]2[C@H]1[C@@H]2C(F)(F)F. The van der Waals surface area contributed by atoms with Crippen molar-refractivity contribution in [1.29, 1.82) is 0 Å². The van der Waals surface area contributed by atoms with Gasteiger partial charge in [-0.05, 0) is 49.5 Å². The molecule has 5 nitrogen and oxygen atoms in total. The highest BCUT2D eigenvalue weighted by molar-refractivity contribution is 7.71. The van der Waals surface area contributed by atoms with Crippen LogP contribution < -0.4 is 5.56 Å². The first-order valence-corrected chi connectivity index (χ1v) is 10.3. The van der Waals surface area contributed by atoms with Gasteiger partial charge in [-0.3, -0.25) is 14.2 Å². The number of aromatic nitrogens is 2. The number of piperidine rings is 1. The number of carbonyl (C=O) groups excluding carboxylic acids is 1. The first-order valence-electron chi connectivity index (χ1n) is 9.87. The lowest BCUT2D eigenvalue weighted by atomic mass is 10.1. The Kier molecular flexibility index (Phi) is 5.27. The smallest absolute Gasteiger partial charge is 0.339 e. The van der Waals surface area contributed by atoms with Crippen LogP contribution in [0.15, 0.2) is 29.1 Å². The third-order valence-electron chi connectivity index (χ3n) is 6.05. The lowest BCUT2D eigenvalue weighted by Gasteiger charge is -2.21. The number of aromatic amines is 1. The second-order valence-corrected chi connectivity index (χ2v) is 8.23. The first-order chi connectivity index (χ1) is 13.8. The second-order valence-electron chi connectivity index (χ2n) is 7.84. The van der Waals surface area contributed by atoms with Gasteiger partial charge in [-0.15, -0.1) is 0 Å². The number of carbonyl (C=O) groups is 1. The van der Waals surface area contributed by atoms with Crippen molar-refractivity contribution in [2.45, 2.75) is 50.9 Å². The lowest BCUT2D eigenvalue weighted by Crippen LogP contribution is -2.34. The highest BCUT2D eigenvalue weighted by Gasteiger charge is 2.69. The van der Waals surface area contributed by atoms with Crippen molar-refractivity contribution in [3.05, 3.63) is 39.4 Å². The Bertz CT molecular complexity index is 1050. The summed E-state index contributed by atoms with van der Waals surface area (Å²) in [5.74, 6) is -1.92. The van der Waals surface area contributed by atoms with Gasteiger partial charge in [0.05, 0.1) is 16.8 Å². The van der Waals surface area contributed by atoms with Gasteiger partial charge in [-0.1, -0.05) is 18.6 Å². The number of para-hydroxylation sites is 1. The van der Waals surface area contributed by atoms with Gasteiger partial charge in [-0.25, -0.2) is 0 Å². The summed E-state index contributed by atoms with van der Waals surface area (Å²) >= 11 is 5.27. The van der Waals surface area contributed by atoms with Gasteiger partial charge in [0.1, 0.15) is 0 Å². The molecule has 1 aromatic carbocycles. The van der Waals surface area contributed by atoms with Crippen LogP contribution in [0.1, 0.15) is 32.1 Å². The number of H-pyrrole nitrogens is 1. The predicted octanol–water partition coefficient (Wildman–Crippen LogP) is 4.03. The van der Waals surface area contributed by atoms with E-state index in [0.29, 0.717) is 54.4 Å². The summed E-state index contributed by atoms with van der Waals surface area (Å²) < 4.78 is 40.6. The van der Waals surface area contributed by atoms with Crippen LogP contribution in [0.25, 0.3) is 10.9 Å². The van der Waals surface area contributed by atoms with Crippen LogP contribution in [0.2, 0.25) is 0 Å². The normalized spacial score (nSPS) is 23.4. The number of benzene rings is 1. The average Bonchev–Trinajstić information content (AvgIpc) is 3.25. The summed E-state index contributed by atoms with van der Waals surface area (Å²) in [5, 5.41) is 0.573. The number of likely N-dealkylation sites (tertiary alicyclic amines) is 1. The van der Waals surface area contributed by atoms with E-state index in [4.69, 9.17) is 12.2 Å². The Morgan fingerprint density at radius 3 is 2.69 bits per heavy atom. The van der Waals surface area contributed by atoms with Crippen LogP contribution in [0.5, 0.6) is 0 Å². The number of rotatable bonds is 6. The van der Waals surface area contributed by atoms with E-state index in [9.17, 15) is 22.8 Å². The second kappa shape index (κ2) is 7.59. The van der Waals surface area contributed by atoms with Crippen molar-refractivity contribution in [3.63, 3.8) is 0 Å². The molecule has 29 heavy (non-hydrogen) atoms. The van der Waals surface area contributed by atoms with Crippen molar-refractivity contribution < 1.29 is 18.0 Å². The van der Waals surface area contributed by atoms with E-state index in [2.05, 4.69) is 4.98 Å². The molecule has 3 atom stereocenters. The van der Waals surface area contributed by atoms with Crippen LogP contribution in [-0.4, -0.2) is 39.1 Å². The van der Waals surface area contributed by atoms with E-state index < -0.39 is 24.1 Å². The van der Waals surface area contributed by atoms with E-state index in [0.717, 1.165) is 0 Å². The highest BCUT2D eigenvalue weighted by Crippen LogP contribution is 2.58. The zero-order valence-corrected chi connectivity index (χ0v) is 16.6. The molecule has 1 aliphatic carbocycles. The van der Waals surface area contributed by atoms with E-state index >= 15 is 0 Å². The number of unbranched alkanes of at least 4 members (excludes halogenated alkanes) is 2. The summed E-state index contributed by atoms with van der Waals surface area (Å²) in [6.45, 7) is 0.875. The number of hydrogen-bond donors (Lipinski definition) is 1. The molecule has 1 aliphatic heterocycles. The third kappa shape index (κ3) is 3.84. The molecule has 0 unspecified atom stereocenters. The summed E-state index contributed by atoms with van der Waals surface area (Å²) in [7, 11) is 0. The fourth-order valence-corrected chi connectivity index (χ4v) is 4.85. The number of amides is 1. The van der Waals surface area contributed by atoms with Crippen LogP contribution in [0.4, 0.5) is 13.2 Å². The van der Waals surface area contributed by atoms with Gasteiger partial charge < -0.3 is 9.88 Å². The zero-order chi connectivity index (χ0) is 20.8. The Hall–Kier alpha value is -2.16. The minimum Gasteiger partial charge on any atom is -0.339 e. The zero-order valence-electron chi connectivity index (χ0n) is 15.7. The van der Waals surface area contributed by atoms with Crippen molar-refractivity contribution in [2.75, 3.05) is 6.54 Å². The maximum absolute atomic E-state index is 12.9. The van der Waals surface area contributed by atoms with Gasteiger partial charge >= 0.3 is 6.18 Å². The first kappa shape index (κ1) is 20.1. The van der Waals surface area contributed by atoms with Gasteiger partial charge in [0.15, 0.2) is 4.77 Å². The van der Waals surface area contributed by atoms with E-state index in [1.54, 1.807) is 18.2 Å². The molecule has 1 aromatic heterocycles. The molecule has 156 valence electrons. The number of fused-ring (bicyclic) bond motifs is 2. The fraction of sp³-hybridized carbons (Fsp3) is 0.550. The van der Waals surface area contributed by atoms with Crippen LogP contribution >= 0.6 is 12.2 Å². The molecule has 4 rings (SSSR count). The number of halogens is 3. The average molecular weight is 425 g/mol. The Labute approximate surface area is 170 Å². The number of nitrogens with zero attached hydrogens (tertiary/aromatic N) is 2. The minimum absolute atomic E-state index is 0.143. The summed E-state index contributed by atoms with van der Waals surface area (Å²) in [4.78, 5) is 29.4. The standard InChI is InChI=1S/C20H22F3N3O2S/c21-20(22,23)16-13-9-11-25(17(13)16)15(27)8-2-1-5-10-26-18(28)12-6-3-4-7-14(12)24-19(26)29/h3-4,6-7,13,16-17H,1-2,5,8-11H2,(H,24,29)/t13-,16+,17-/m0/s1. The van der Waals surface area contributed by atoms with E-state index in [-0.39, 0.29) is 17.9 Å². The van der Waals surface area contributed by atoms with E-state index in [1.165, 1.54) is 9.47 Å². The molecular weight excluding hydrogens is 403 g/mol. The van der Waals surface area contributed by atoms with Crippen LogP contribution in [0, 0.1) is 16.6 Å². The Balaban J connectivity index is 1.27. The Morgan fingerprint density at radius 2 is 1.97 bits per heavy atom. The fourth-order valence-electron chi connectivity index (χ4n) is 4.56. The van der Waals surface area contributed by atoms with Crippen molar-refractivity contribution in [1.82, 2.24) is 14.5 Å². The number of alkyl halides is 3. The van der Waals surface area contributed by atoms with Gasteiger partial charge in [0.25, 0.3) is 5.56 Å². The molecule has 1 N–H and O–H groups in total. The van der Waals surface area contributed by atoms with Gasteiger partial charge in [0, 0.05) is 25.6 Å². The summed E-state index contributed by atoms with van der Waals surface area (Å²) in [6.07, 6.45) is -1.57. The van der Waals surface area contributed by atoms with Crippen molar-refractivity contribution >= 4 is 29.0 Å². The molecule has 1 amide bonds. The highest BCUT2D eigenvalue weighted by atomic mass is 32.1. The maximum atomic E-state index is 12.9.